The highest BCUT2D eigenvalue weighted by molar-refractivity contribution is 7.42. The van der Waals surface area contributed by atoms with Gasteiger partial charge in [-0.25, -0.2) is 0 Å². The van der Waals surface area contributed by atoms with Crippen molar-refractivity contribution in [1.82, 2.24) is 0 Å². The predicted octanol–water partition coefficient (Wildman–Crippen LogP) is 9.53. The Hall–Kier alpha value is -1.60. The Balaban J connectivity index is 2.57. The average molecular weight is 461 g/mol. The zero-order valence-electron chi connectivity index (χ0n) is 22.1. The zero-order valence-corrected chi connectivity index (χ0v) is 23.0. The van der Waals surface area contributed by atoms with Gasteiger partial charge in [-0.2, -0.15) is 0 Å². The minimum atomic E-state index is -2.69. The summed E-state index contributed by atoms with van der Waals surface area (Å²) in [5, 5.41) is 0. The number of para-hydroxylation sites is 2. The quantitative estimate of drug-likeness (QED) is 0.423. The summed E-state index contributed by atoms with van der Waals surface area (Å²) in [6, 6.07) is 12.2. The Kier molecular flexibility index (Phi) is 7.48. The maximum Gasteiger partial charge on any atom is 0.505 e. The molecule has 0 atom stereocenters. The van der Waals surface area contributed by atoms with Crippen molar-refractivity contribution in [1.29, 1.82) is 0 Å². The third-order valence-corrected chi connectivity index (χ3v) is 6.24. The molecule has 4 heteroatoms. The fraction of sp³-hybridized carbons (Fsp3) is 0.571. The number of hydrogen-bond acceptors (Lipinski definition) is 2. The molecule has 0 unspecified atom stereocenters. The first-order valence-corrected chi connectivity index (χ1v) is 12.5. The van der Waals surface area contributed by atoms with Gasteiger partial charge in [-0.3, -0.25) is 0 Å². The van der Waals surface area contributed by atoms with Gasteiger partial charge in [-0.05, 0) is 21.7 Å². The summed E-state index contributed by atoms with van der Waals surface area (Å²) in [4.78, 5) is 0. The van der Waals surface area contributed by atoms with Crippen LogP contribution in [0.25, 0.3) is 0 Å². The molecule has 2 nitrogen and oxygen atoms in total. The van der Waals surface area contributed by atoms with Gasteiger partial charge in [0.25, 0.3) is 0 Å². The van der Waals surface area contributed by atoms with Gasteiger partial charge in [0.15, 0.2) is 0 Å². The Labute approximate surface area is 197 Å². The van der Waals surface area contributed by atoms with Gasteiger partial charge in [-0.1, -0.05) is 119 Å². The highest BCUT2D eigenvalue weighted by Gasteiger charge is 2.32. The molecular formula is C28H42FO2P. The van der Waals surface area contributed by atoms with Crippen LogP contribution in [-0.2, 0) is 21.7 Å². The van der Waals surface area contributed by atoms with Crippen molar-refractivity contribution in [3.8, 4) is 11.5 Å². The molecule has 2 aromatic rings. The Bertz CT molecular complexity index is 796. The van der Waals surface area contributed by atoms with E-state index >= 15 is 4.20 Å². The van der Waals surface area contributed by atoms with Gasteiger partial charge in [0, 0.05) is 22.3 Å². The van der Waals surface area contributed by atoms with Crippen molar-refractivity contribution in [2.75, 3.05) is 0 Å². The lowest BCUT2D eigenvalue weighted by Crippen LogP contribution is -2.20. The van der Waals surface area contributed by atoms with E-state index in [4.69, 9.17) is 9.05 Å². The third kappa shape index (κ3) is 6.25. The number of rotatable bonds is 4. The highest BCUT2D eigenvalue weighted by Crippen LogP contribution is 2.51. The van der Waals surface area contributed by atoms with E-state index in [1.54, 1.807) is 0 Å². The van der Waals surface area contributed by atoms with Crippen LogP contribution in [0, 0.1) is 0 Å². The van der Waals surface area contributed by atoms with Crippen LogP contribution in [0.4, 0.5) is 4.20 Å². The monoisotopic (exact) mass is 460 g/mol. The van der Waals surface area contributed by atoms with Crippen LogP contribution in [0.15, 0.2) is 36.4 Å². The van der Waals surface area contributed by atoms with Gasteiger partial charge >= 0.3 is 8.69 Å². The van der Waals surface area contributed by atoms with E-state index in [1.807, 2.05) is 36.4 Å². The predicted molar refractivity (Wildman–Crippen MR) is 137 cm³/mol. The van der Waals surface area contributed by atoms with Crippen molar-refractivity contribution >= 4 is 8.69 Å². The van der Waals surface area contributed by atoms with Crippen molar-refractivity contribution < 1.29 is 13.2 Å². The Morgan fingerprint density at radius 1 is 0.500 bits per heavy atom. The molecule has 0 aromatic heterocycles. The molecule has 0 heterocycles. The number of halogens is 1. The van der Waals surface area contributed by atoms with Gasteiger partial charge in [0.05, 0.1) is 0 Å². The molecule has 0 aliphatic rings. The third-order valence-electron chi connectivity index (χ3n) is 5.59. The lowest BCUT2D eigenvalue weighted by molar-refractivity contribution is 0.403. The maximum absolute atomic E-state index is 15.7. The van der Waals surface area contributed by atoms with E-state index < -0.39 is 8.69 Å². The second-order valence-electron chi connectivity index (χ2n) is 12.8. The molecule has 0 radical (unpaired) electrons. The summed E-state index contributed by atoms with van der Waals surface area (Å²) < 4.78 is 27.8. The van der Waals surface area contributed by atoms with Crippen LogP contribution in [-0.4, -0.2) is 0 Å². The lowest BCUT2D eigenvalue weighted by Gasteiger charge is -2.31. The summed E-state index contributed by atoms with van der Waals surface area (Å²) in [5.41, 5.74) is 3.19. The molecule has 2 rings (SSSR count). The minimum absolute atomic E-state index is 0.188. The summed E-state index contributed by atoms with van der Waals surface area (Å²) in [7, 11) is -2.69. The molecule has 0 saturated carbocycles. The van der Waals surface area contributed by atoms with E-state index in [2.05, 4.69) is 83.1 Å². The molecule has 0 aliphatic heterocycles. The van der Waals surface area contributed by atoms with Crippen LogP contribution < -0.4 is 9.05 Å². The molecule has 0 aliphatic carbocycles. The normalized spacial score (nSPS) is 13.4. The van der Waals surface area contributed by atoms with Crippen molar-refractivity contribution in [2.24, 2.45) is 0 Å². The summed E-state index contributed by atoms with van der Waals surface area (Å²) in [6.45, 7) is 25.4. The first-order chi connectivity index (χ1) is 14.3. The molecule has 2 aromatic carbocycles. The number of hydrogen-bond donors (Lipinski definition) is 0. The van der Waals surface area contributed by atoms with E-state index in [1.165, 1.54) is 0 Å². The molecule has 178 valence electrons. The smallest absolute Gasteiger partial charge is 0.414 e. The molecule has 0 fully saturated rings. The van der Waals surface area contributed by atoms with Crippen molar-refractivity contribution in [2.45, 2.75) is 105 Å². The van der Waals surface area contributed by atoms with Crippen molar-refractivity contribution in [3.63, 3.8) is 0 Å². The van der Waals surface area contributed by atoms with E-state index in [0.717, 1.165) is 22.3 Å². The first-order valence-electron chi connectivity index (χ1n) is 11.4. The molecule has 0 spiro atoms. The summed E-state index contributed by atoms with van der Waals surface area (Å²) in [5.74, 6) is 1.21. The highest BCUT2D eigenvalue weighted by atomic mass is 31.2. The fourth-order valence-corrected chi connectivity index (χ4v) is 4.51. The lowest BCUT2D eigenvalue weighted by atomic mass is 9.79. The Morgan fingerprint density at radius 3 is 0.906 bits per heavy atom. The molecule has 0 saturated heterocycles. The van der Waals surface area contributed by atoms with Crippen LogP contribution in [0.5, 0.6) is 11.5 Å². The van der Waals surface area contributed by atoms with E-state index in [9.17, 15) is 0 Å². The van der Waals surface area contributed by atoms with E-state index in [0.29, 0.717) is 11.5 Å². The topological polar surface area (TPSA) is 18.5 Å². The zero-order chi connectivity index (χ0) is 24.7. The van der Waals surface area contributed by atoms with Gasteiger partial charge in [-0.15, -0.1) is 4.20 Å². The second-order valence-corrected chi connectivity index (χ2v) is 13.5. The molecule has 0 amide bonds. The largest absolute Gasteiger partial charge is 0.505 e. The summed E-state index contributed by atoms with van der Waals surface area (Å²) >= 11 is 0. The number of benzene rings is 2. The van der Waals surface area contributed by atoms with Crippen LogP contribution in [0.3, 0.4) is 0 Å². The molecule has 32 heavy (non-hydrogen) atoms. The maximum atomic E-state index is 15.7. The summed E-state index contributed by atoms with van der Waals surface area (Å²) in [6.07, 6.45) is 0. The average Bonchev–Trinajstić information content (AvgIpc) is 2.58. The molecular weight excluding hydrogens is 418 g/mol. The van der Waals surface area contributed by atoms with Crippen LogP contribution >= 0.6 is 8.69 Å². The molecule has 0 bridgehead atoms. The second kappa shape index (κ2) is 8.98. The standard InChI is InChI=1S/C28H42FO2P/c1-25(2,3)19-15-13-16-20(26(4,5)6)23(19)30-32(29)31-24-21(27(7,8)9)17-14-18-22(24)28(10,11)12/h13-18H,1-12H3. The van der Waals surface area contributed by atoms with Crippen LogP contribution in [0.1, 0.15) is 105 Å². The molecule has 0 N–H and O–H groups in total. The van der Waals surface area contributed by atoms with Gasteiger partial charge in [0.1, 0.15) is 11.5 Å². The SMILES string of the molecule is CC(C)(C)c1cccc(C(C)(C)C)c1OP(F)Oc1c(C(C)(C)C)cccc1C(C)(C)C. The van der Waals surface area contributed by atoms with Gasteiger partial charge in [0.2, 0.25) is 0 Å². The van der Waals surface area contributed by atoms with Gasteiger partial charge < -0.3 is 9.05 Å². The van der Waals surface area contributed by atoms with Crippen LogP contribution in [0.2, 0.25) is 0 Å². The first kappa shape index (κ1) is 26.7. The fourth-order valence-electron chi connectivity index (χ4n) is 3.80. The van der Waals surface area contributed by atoms with Crippen molar-refractivity contribution in [3.05, 3.63) is 58.7 Å². The minimum Gasteiger partial charge on any atom is -0.414 e. The Morgan fingerprint density at radius 2 is 0.719 bits per heavy atom. The van der Waals surface area contributed by atoms with E-state index in [-0.39, 0.29) is 21.7 Å².